The van der Waals surface area contributed by atoms with Crippen molar-refractivity contribution in [3.63, 3.8) is 0 Å². The third kappa shape index (κ3) is 5.72. The zero-order valence-electron chi connectivity index (χ0n) is 17.7. The second-order valence-corrected chi connectivity index (χ2v) is 7.97. The number of imidazole rings is 1. The van der Waals surface area contributed by atoms with E-state index in [1.165, 1.54) is 7.11 Å². The van der Waals surface area contributed by atoms with Gasteiger partial charge in [-0.2, -0.15) is 0 Å². The summed E-state index contributed by atoms with van der Waals surface area (Å²) in [6.07, 6.45) is 2.61. The minimum absolute atomic E-state index is 0.0193. The van der Waals surface area contributed by atoms with E-state index < -0.39 is 0 Å². The van der Waals surface area contributed by atoms with Crippen LogP contribution in [0.15, 0.2) is 41.0 Å². The van der Waals surface area contributed by atoms with Crippen LogP contribution in [0.4, 0.5) is 5.82 Å². The second-order valence-electron chi connectivity index (χ2n) is 6.68. The number of pyridine rings is 1. The Morgan fingerprint density at radius 1 is 1.19 bits per heavy atom. The first-order chi connectivity index (χ1) is 15.5. The Labute approximate surface area is 198 Å². The van der Waals surface area contributed by atoms with E-state index >= 15 is 0 Å². The molecule has 0 aliphatic heterocycles. The van der Waals surface area contributed by atoms with E-state index in [1.54, 1.807) is 25.1 Å². The Morgan fingerprint density at radius 2 is 2.00 bits per heavy atom. The number of aromatic nitrogens is 2. The van der Waals surface area contributed by atoms with Crippen LogP contribution in [0.2, 0.25) is 0 Å². The molecule has 32 heavy (non-hydrogen) atoms. The zero-order valence-corrected chi connectivity index (χ0v) is 20.0. The number of methoxy groups -OCH3 is 1. The first-order valence-corrected chi connectivity index (χ1v) is 11.3. The second kappa shape index (κ2) is 11.2. The van der Waals surface area contributed by atoms with Crippen molar-refractivity contribution in [1.29, 1.82) is 0 Å². The number of benzene rings is 1. The molecule has 1 N–H and O–H groups in total. The van der Waals surface area contributed by atoms with Gasteiger partial charge in [0.25, 0.3) is 0 Å². The Morgan fingerprint density at radius 3 is 2.72 bits per heavy atom. The highest BCUT2D eigenvalue weighted by molar-refractivity contribution is 9.10. The zero-order chi connectivity index (χ0) is 23.1. The fourth-order valence-corrected chi connectivity index (χ4v) is 3.51. The topological polar surface area (TPSA) is 91.2 Å². The number of esters is 2. The minimum Gasteiger partial charge on any atom is -0.493 e. The normalized spacial score (nSPS) is 10.8. The standard InChI is InChI=1S/C22H23BrClN3O5/c1-3-31-20(29)12-25-22-21(26-18-9-7-15(23)13-27(18)22)14-6-8-16(17(11-14)30-2)32-19(28)5-4-10-24/h6-9,11,13,25H,3-5,10,12H2,1-2H3. The summed E-state index contributed by atoms with van der Waals surface area (Å²) in [4.78, 5) is 28.6. The Kier molecular flexibility index (Phi) is 8.35. The highest BCUT2D eigenvalue weighted by atomic mass is 79.9. The summed E-state index contributed by atoms with van der Waals surface area (Å²) in [6, 6.07) is 8.90. The Hall–Kier alpha value is -2.78. The van der Waals surface area contributed by atoms with E-state index in [0.717, 1.165) is 4.47 Å². The molecule has 1 aromatic carbocycles. The third-order valence-corrected chi connectivity index (χ3v) is 5.20. The molecule has 170 valence electrons. The van der Waals surface area contributed by atoms with Gasteiger partial charge in [-0.3, -0.25) is 14.0 Å². The van der Waals surface area contributed by atoms with E-state index in [2.05, 4.69) is 21.2 Å². The van der Waals surface area contributed by atoms with E-state index in [-0.39, 0.29) is 24.9 Å². The van der Waals surface area contributed by atoms with E-state index in [9.17, 15) is 9.59 Å². The van der Waals surface area contributed by atoms with Gasteiger partial charge in [-0.05, 0) is 59.6 Å². The molecule has 3 aromatic rings. The molecule has 0 saturated heterocycles. The van der Waals surface area contributed by atoms with E-state index in [1.807, 2.05) is 22.7 Å². The molecule has 3 rings (SSSR count). The molecule has 2 aromatic heterocycles. The van der Waals surface area contributed by atoms with Crippen molar-refractivity contribution >= 4 is 50.9 Å². The lowest BCUT2D eigenvalue weighted by molar-refractivity contribution is -0.141. The maximum absolute atomic E-state index is 12.0. The van der Waals surface area contributed by atoms with Crippen molar-refractivity contribution in [3.05, 3.63) is 41.0 Å². The van der Waals surface area contributed by atoms with Gasteiger partial charge in [-0.25, -0.2) is 4.98 Å². The van der Waals surface area contributed by atoms with Crippen molar-refractivity contribution in [2.45, 2.75) is 19.8 Å². The molecular weight excluding hydrogens is 502 g/mol. The van der Waals surface area contributed by atoms with Crippen LogP contribution in [0.25, 0.3) is 16.9 Å². The highest BCUT2D eigenvalue weighted by Crippen LogP contribution is 2.36. The molecule has 0 amide bonds. The molecule has 0 radical (unpaired) electrons. The summed E-state index contributed by atoms with van der Waals surface area (Å²) in [6.45, 7) is 2.04. The number of halogens is 2. The predicted molar refractivity (Wildman–Crippen MR) is 126 cm³/mol. The largest absolute Gasteiger partial charge is 0.493 e. The number of alkyl halides is 1. The van der Waals surface area contributed by atoms with Crippen LogP contribution in [0.1, 0.15) is 19.8 Å². The predicted octanol–water partition coefficient (Wildman–Crippen LogP) is 4.67. The molecule has 0 aliphatic rings. The van der Waals surface area contributed by atoms with Crippen LogP contribution in [0, 0.1) is 0 Å². The van der Waals surface area contributed by atoms with Crippen molar-refractivity contribution in [3.8, 4) is 22.8 Å². The van der Waals surface area contributed by atoms with Gasteiger partial charge < -0.3 is 19.5 Å². The van der Waals surface area contributed by atoms with Crippen molar-refractivity contribution < 1.29 is 23.8 Å². The van der Waals surface area contributed by atoms with Crippen molar-refractivity contribution in [1.82, 2.24) is 9.38 Å². The molecular formula is C22H23BrClN3O5. The number of nitrogens with zero attached hydrogens (tertiary/aromatic N) is 2. The summed E-state index contributed by atoms with van der Waals surface area (Å²) < 4.78 is 18.6. The number of hydrogen-bond acceptors (Lipinski definition) is 7. The summed E-state index contributed by atoms with van der Waals surface area (Å²) >= 11 is 9.10. The van der Waals surface area contributed by atoms with Crippen LogP contribution in [-0.4, -0.2) is 47.5 Å². The number of rotatable bonds is 10. The SMILES string of the molecule is CCOC(=O)CNc1c(-c2ccc(OC(=O)CCCCl)c(OC)c2)nc2ccc(Br)cn12. The number of carbonyl (C=O) groups excluding carboxylic acids is 2. The summed E-state index contributed by atoms with van der Waals surface area (Å²) in [7, 11) is 1.50. The Bertz CT molecular complexity index is 1120. The monoisotopic (exact) mass is 523 g/mol. The van der Waals surface area contributed by atoms with Gasteiger partial charge in [0, 0.05) is 28.5 Å². The van der Waals surface area contributed by atoms with Crippen LogP contribution >= 0.6 is 27.5 Å². The summed E-state index contributed by atoms with van der Waals surface area (Å²) in [5.74, 6) is 0.936. The molecule has 0 spiro atoms. The summed E-state index contributed by atoms with van der Waals surface area (Å²) in [5, 5.41) is 3.12. The number of nitrogens with one attached hydrogen (secondary N) is 1. The summed E-state index contributed by atoms with van der Waals surface area (Å²) in [5.41, 5.74) is 2.00. The Balaban J connectivity index is 1.97. The average Bonchev–Trinajstić information content (AvgIpc) is 3.14. The molecule has 10 heteroatoms. The van der Waals surface area contributed by atoms with Crippen LogP contribution in [0.5, 0.6) is 11.5 Å². The van der Waals surface area contributed by atoms with Crippen LogP contribution in [-0.2, 0) is 14.3 Å². The fourth-order valence-electron chi connectivity index (χ4n) is 3.04. The number of carbonyl (C=O) groups is 2. The first-order valence-electron chi connectivity index (χ1n) is 9.99. The molecule has 0 aliphatic carbocycles. The molecule has 8 nitrogen and oxygen atoms in total. The quantitative estimate of drug-likeness (QED) is 0.234. The van der Waals surface area contributed by atoms with Crippen molar-refractivity contribution in [2.24, 2.45) is 0 Å². The third-order valence-electron chi connectivity index (χ3n) is 4.46. The van der Waals surface area contributed by atoms with Gasteiger partial charge >= 0.3 is 11.9 Å². The van der Waals surface area contributed by atoms with Gasteiger partial charge in [0.2, 0.25) is 0 Å². The fraction of sp³-hybridized carbons (Fsp3) is 0.318. The first kappa shape index (κ1) is 23.9. The molecule has 0 fully saturated rings. The lowest BCUT2D eigenvalue weighted by atomic mass is 10.1. The number of fused-ring (bicyclic) bond motifs is 1. The van der Waals surface area contributed by atoms with Gasteiger partial charge in [0.05, 0.1) is 13.7 Å². The molecule has 2 heterocycles. The molecule has 0 bridgehead atoms. The highest BCUT2D eigenvalue weighted by Gasteiger charge is 2.18. The molecule has 0 unspecified atom stereocenters. The number of hydrogen-bond donors (Lipinski definition) is 1. The van der Waals surface area contributed by atoms with Gasteiger partial charge in [-0.15, -0.1) is 11.6 Å². The average molecular weight is 525 g/mol. The van der Waals surface area contributed by atoms with Gasteiger partial charge in [-0.1, -0.05) is 0 Å². The van der Waals surface area contributed by atoms with E-state index in [0.29, 0.717) is 53.1 Å². The smallest absolute Gasteiger partial charge is 0.325 e. The minimum atomic E-state index is -0.383. The van der Waals surface area contributed by atoms with Crippen LogP contribution in [0.3, 0.4) is 0 Å². The number of ether oxygens (including phenoxy) is 3. The lowest BCUT2D eigenvalue weighted by Gasteiger charge is -2.12. The van der Waals surface area contributed by atoms with Gasteiger partial charge in [0.15, 0.2) is 11.5 Å². The van der Waals surface area contributed by atoms with Crippen molar-refractivity contribution in [2.75, 3.05) is 31.5 Å². The maximum atomic E-state index is 12.0. The number of anilines is 1. The van der Waals surface area contributed by atoms with Gasteiger partial charge in [0.1, 0.15) is 23.7 Å². The molecule has 0 saturated carbocycles. The van der Waals surface area contributed by atoms with Crippen LogP contribution < -0.4 is 14.8 Å². The molecule has 0 atom stereocenters. The maximum Gasteiger partial charge on any atom is 0.325 e. The van der Waals surface area contributed by atoms with E-state index in [4.69, 9.17) is 30.8 Å². The lowest BCUT2D eigenvalue weighted by Crippen LogP contribution is -2.17.